The summed E-state index contributed by atoms with van der Waals surface area (Å²) in [5, 5.41) is 28.5. The Balaban J connectivity index is 2.43. The summed E-state index contributed by atoms with van der Waals surface area (Å²) >= 11 is 0. The van der Waals surface area contributed by atoms with Gasteiger partial charge in [-0.3, -0.25) is 4.57 Å². The summed E-state index contributed by atoms with van der Waals surface area (Å²) in [6.45, 7) is 3.05. The zero-order chi connectivity index (χ0) is 14.2. The van der Waals surface area contributed by atoms with Crippen LogP contribution in [0.5, 0.6) is 0 Å². The molecular formula is C11H15N3O5. The van der Waals surface area contributed by atoms with Crippen molar-refractivity contribution < 1.29 is 20.1 Å². The molecule has 0 bridgehead atoms. The van der Waals surface area contributed by atoms with Gasteiger partial charge in [-0.05, 0) is 0 Å². The van der Waals surface area contributed by atoms with E-state index in [1.165, 1.54) is 12.3 Å². The topological polar surface area (TPSA) is 131 Å². The monoisotopic (exact) mass is 269 g/mol. The van der Waals surface area contributed by atoms with Crippen molar-refractivity contribution in [3.05, 3.63) is 28.8 Å². The Morgan fingerprint density at radius 3 is 2.74 bits per heavy atom. The predicted molar refractivity (Wildman–Crippen MR) is 66.0 cm³/mol. The quantitative estimate of drug-likeness (QED) is 0.503. The fourth-order valence-electron chi connectivity index (χ4n) is 1.95. The molecule has 2 heterocycles. The van der Waals surface area contributed by atoms with Crippen molar-refractivity contribution in [1.82, 2.24) is 9.55 Å². The Morgan fingerprint density at radius 2 is 2.21 bits per heavy atom. The van der Waals surface area contributed by atoms with E-state index in [4.69, 9.17) is 15.6 Å². The Kier molecular flexibility index (Phi) is 3.67. The van der Waals surface area contributed by atoms with E-state index in [0.717, 1.165) is 4.57 Å². The number of hydrogen-bond donors (Lipinski definition) is 4. The molecule has 1 aromatic heterocycles. The van der Waals surface area contributed by atoms with Gasteiger partial charge in [0.1, 0.15) is 24.1 Å². The van der Waals surface area contributed by atoms with Crippen molar-refractivity contribution in [2.24, 2.45) is 0 Å². The second-order valence-electron chi connectivity index (χ2n) is 4.20. The normalized spacial score (nSPS) is 30.5. The van der Waals surface area contributed by atoms with Crippen molar-refractivity contribution in [2.45, 2.75) is 24.5 Å². The van der Waals surface area contributed by atoms with Gasteiger partial charge in [-0.1, -0.05) is 12.7 Å². The van der Waals surface area contributed by atoms with E-state index < -0.39 is 36.8 Å². The van der Waals surface area contributed by atoms with Crippen LogP contribution in [-0.2, 0) is 4.74 Å². The van der Waals surface area contributed by atoms with Crippen molar-refractivity contribution in [2.75, 3.05) is 12.3 Å². The van der Waals surface area contributed by atoms with E-state index >= 15 is 0 Å². The Bertz CT molecular complexity index is 544. The summed E-state index contributed by atoms with van der Waals surface area (Å²) < 4.78 is 6.25. The van der Waals surface area contributed by atoms with Crippen LogP contribution in [0.15, 0.2) is 17.6 Å². The van der Waals surface area contributed by atoms with E-state index in [9.17, 15) is 15.0 Å². The molecule has 0 aromatic carbocycles. The fraction of sp³-hybridized carbons (Fsp3) is 0.455. The molecule has 0 amide bonds. The predicted octanol–water partition coefficient (Wildman–Crippen LogP) is -1.92. The van der Waals surface area contributed by atoms with Gasteiger partial charge in [0.05, 0.1) is 6.61 Å². The van der Waals surface area contributed by atoms with Crippen LogP contribution in [-0.4, -0.2) is 49.8 Å². The van der Waals surface area contributed by atoms with Crippen LogP contribution in [0.2, 0.25) is 0 Å². The molecule has 5 N–H and O–H groups in total. The molecule has 1 unspecified atom stereocenters. The maximum atomic E-state index is 11.7. The first-order valence-corrected chi connectivity index (χ1v) is 5.63. The minimum atomic E-state index is -1.35. The number of ether oxygens (including phenoxy) is 1. The number of nitrogens with two attached hydrogens (primary N) is 1. The molecule has 0 saturated carbocycles. The summed E-state index contributed by atoms with van der Waals surface area (Å²) in [4.78, 5) is 15.3. The molecule has 8 nitrogen and oxygen atoms in total. The van der Waals surface area contributed by atoms with Crippen LogP contribution in [0.1, 0.15) is 11.8 Å². The SMILES string of the molecule is C=Cc1cn([C@@H]2O[C@H](CO)[C@H](O)C2O)c(=O)nc1N. The Hall–Kier alpha value is -1.74. The summed E-state index contributed by atoms with van der Waals surface area (Å²) in [5.41, 5.74) is 5.20. The third kappa shape index (κ3) is 2.26. The van der Waals surface area contributed by atoms with Gasteiger partial charge in [-0.15, -0.1) is 0 Å². The number of rotatable bonds is 3. The fourth-order valence-corrected chi connectivity index (χ4v) is 1.95. The van der Waals surface area contributed by atoms with E-state index in [1.807, 2.05) is 0 Å². The van der Waals surface area contributed by atoms with Crippen LogP contribution >= 0.6 is 0 Å². The van der Waals surface area contributed by atoms with E-state index in [2.05, 4.69) is 11.6 Å². The lowest BCUT2D eigenvalue weighted by Crippen LogP contribution is -2.36. The van der Waals surface area contributed by atoms with Gasteiger partial charge in [-0.2, -0.15) is 4.98 Å². The highest BCUT2D eigenvalue weighted by molar-refractivity contribution is 5.57. The van der Waals surface area contributed by atoms with Crippen molar-refractivity contribution >= 4 is 11.9 Å². The van der Waals surface area contributed by atoms with E-state index in [0.29, 0.717) is 5.56 Å². The van der Waals surface area contributed by atoms with Crippen molar-refractivity contribution in [3.63, 3.8) is 0 Å². The highest BCUT2D eigenvalue weighted by Gasteiger charge is 2.43. The van der Waals surface area contributed by atoms with Gasteiger partial charge in [-0.25, -0.2) is 4.79 Å². The summed E-state index contributed by atoms with van der Waals surface area (Å²) in [6, 6.07) is 0. The lowest BCUT2D eigenvalue weighted by molar-refractivity contribution is -0.0549. The lowest BCUT2D eigenvalue weighted by atomic mass is 10.1. The standard InChI is InChI=1S/C11H15N3O5/c1-2-5-3-14(11(18)13-9(5)12)10-8(17)7(16)6(4-15)19-10/h2-3,6-8,10,15-17H,1,4H2,(H2,12,13,18)/t6-,7+,8?,10-/m1/s1. The van der Waals surface area contributed by atoms with Gasteiger partial charge in [0, 0.05) is 11.8 Å². The lowest BCUT2D eigenvalue weighted by Gasteiger charge is -2.17. The molecule has 19 heavy (non-hydrogen) atoms. The number of nitrogen functional groups attached to an aromatic ring is 1. The highest BCUT2D eigenvalue weighted by atomic mass is 16.6. The maximum absolute atomic E-state index is 11.7. The van der Waals surface area contributed by atoms with E-state index in [-0.39, 0.29) is 5.82 Å². The highest BCUT2D eigenvalue weighted by Crippen LogP contribution is 2.28. The Morgan fingerprint density at radius 1 is 1.53 bits per heavy atom. The zero-order valence-corrected chi connectivity index (χ0v) is 10.0. The zero-order valence-electron chi connectivity index (χ0n) is 10.0. The number of aliphatic hydroxyl groups excluding tert-OH is 3. The molecular weight excluding hydrogens is 254 g/mol. The van der Waals surface area contributed by atoms with Gasteiger partial charge in [0.25, 0.3) is 0 Å². The number of aromatic nitrogens is 2. The molecule has 0 aliphatic carbocycles. The van der Waals surface area contributed by atoms with Crippen LogP contribution < -0.4 is 11.4 Å². The van der Waals surface area contributed by atoms with Crippen LogP contribution in [0, 0.1) is 0 Å². The summed E-state index contributed by atoms with van der Waals surface area (Å²) in [6.07, 6.45) is -2.00. The molecule has 2 rings (SSSR count). The summed E-state index contributed by atoms with van der Waals surface area (Å²) in [7, 11) is 0. The third-order valence-corrected chi connectivity index (χ3v) is 3.02. The van der Waals surface area contributed by atoms with Crippen molar-refractivity contribution in [1.29, 1.82) is 0 Å². The number of aliphatic hydroxyl groups is 3. The molecule has 1 fully saturated rings. The minimum absolute atomic E-state index is 0.0167. The number of hydrogen-bond acceptors (Lipinski definition) is 7. The minimum Gasteiger partial charge on any atom is -0.394 e. The summed E-state index contributed by atoms with van der Waals surface area (Å²) in [5.74, 6) is 0.0167. The van der Waals surface area contributed by atoms with Crippen LogP contribution in [0.25, 0.3) is 6.08 Å². The maximum Gasteiger partial charge on any atom is 0.351 e. The van der Waals surface area contributed by atoms with Gasteiger partial charge in [0.2, 0.25) is 0 Å². The van der Waals surface area contributed by atoms with E-state index in [1.54, 1.807) is 0 Å². The third-order valence-electron chi connectivity index (χ3n) is 3.02. The van der Waals surface area contributed by atoms with Crippen LogP contribution in [0.3, 0.4) is 0 Å². The first-order valence-electron chi connectivity index (χ1n) is 5.63. The molecule has 4 atom stereocenters. The first-order chi connectivity index (χ1) is 8.99. The molecule has 1 aliphatic heterocycles. The molecule has 1 saturated heterocycles. The van der Waals surface area contributed by atoms with Crippen LogP contribution in [0.4, 0.5) is 5.82 Å². The first kappa shape index (κ1) is 13.7. The largest absolute Gasteiger partial charge is 0.394 e. The van der Waals surface area contributed by atoms with Gasteiger partial charge >= 0.3 is 5.69 Å². The average Bonchev–Trinajstić information content (AvgIpc) is 2.67. The number of nitrogens with zero attached hydrogens (tertiary/aromatic N) is 2. The molecule has 0 radical (unpaired) electrons. The molecule has 8 heteroatoms. The smallest absolute Gasteiger partial charge is 0.351 e. The Labute approximate surface area is 108 Å². The number of anilines is 1. The van der Waals surface area contributed by atoms with Crippen molar-refractivity contribution in [3.8, 4) is 0 Å². The van der Waals surface area contributed by atoms with Gasteiger partial charge < -0.3 is 25.8 Å². The van der Waals surface area contributed by atoms with Gasteiger partial charge in [0.15, 0.2) is 6.23 Å². The second kappa shape index (κ2) is 5.10. The average molecular weight is 269 g/mol. The molecule has 1 aromatic rings. The molecule has 1 aliphatic rings. The second-order valence-corrected chi connectivity index (χ2v) is 4.20. The molecule has 104 valence electrons. The molecule has 0 spiro atoms.